The van der Waals surface area contributed by atoms with E-state index in [-0.39, 0.29) is 16.1 Å². The molecule has 1 amide bonds. The van der Waals surface area contributed by atoms with Gasteiger partial charge in [-0.1, -0.05) is 50.5 Å². The van der Waals surface area contributed by atoms with Gasteiger partial charge in [0.25, 0.3) is 0 Å². The summed E-state index contributed by atoms with van der Waals surface area (Å²) < 4.78 is 0. The highest BCUT2D eigenvalue weighted by Gasteiger charge is 2.23. The zero-order valence-electron chi connectivity index (χ0n) is 9.86. The highest BCUT2D eigenvalue weighted by molar-refractivity contribution is 9.10. The Balaban J connectivity index is 4.00. The summed E-state index contributed by atoms with van der Waals surface area (Å²) in [5, 5.41) is 2.97. The minimum atomic E-state index is -0.0505. The summed E-state index contributed by atoms with van der Waals surface area (Å²) in [5.74, 6) is 0.666. The van der Waals surface area contributed by atoms with Gasteiger partial charge in [-0.2, -0.15) is 0 Å². The fourth-order valence-electron chi connectivity index (χ4n) is 0.815. The third-order valence-corrected chi connectivity index (χ3v) is 3.99. The van der Waals surface area contributed by atoms with Crippen LogP contribution in [0.5, 0.6) is 0 Å². The monoisotopic (exact) mass is 263 g/mol. The summed E-state index contributed by atoms with van der Waals surface area (Å²) in [5.41, 5.74) is 0.163. The van der Waals surface area contributed by atoms with E-state index in [1.807, 2.05) is 6.92 Å². The van der Waals surface area contributed by atoms with Crippen LogP contribution in [0, 0.1) is 11.3 Å². The van der Waals surface area contributed by atoms with Crippen molar-refractivity contribution in [2.45, 2.75) is 45.9 Å². The van der Waals surface area contributed by atoms with Crippen molar-refractivity contribution in [1.29, 1.82) is 0 Å². The Morgan fingerprint density at radius 2 is 1.93 bits per heavy atom. The van der Waals surface area contributed by atoms with Crippen LogP contribution < -0.4 is 5.32 Å². The summed E-state index contributed by atoms with van der Waals surface area (Å²) in [6, 6.07) is 0. The summed E-state index contributed by atoms with van der Waals surface area (Å²) in [6.45, 7) is 11.4. The third kappa shape index (κ3) is 4.45. The van der Waals surface area contributed by atoms with Crippen molar-refractivity contribution >= 4 is 21.8 Å². The van der Waals surface area contributed by atoms with Crippen LogP contribution >= 0.6 is 15.9 Å². The predicted molar refractivity (Wildman–Crippen MR) is 64.6 cm³/mol. The van der Waals surface area contributed by atoms with Crippen LogP contribution in [0.3, 0.4) is 0 Å². The number of amides is 1. The molecule has 0 rings (SSSR count). The molecule has 0 aliphatic carbocycles. The molecule has 0 saturated carbocycles. The maximum Gasteiger partial charge on any atom is 0.233 e. The molecule has 0 aromatic heterocycles. The minimum Gasteiger partial charge on any atom is -0.355 e. The summed E-state index contributed by atoms with van der Waals surface area (Å²) >= 11 is 3.33. The molecule has 0 spiro atoms. The predicted octanol–water partition coefficient (Wildman–Crippen LogP) is 2.96. The smallest absolute Gasteiger partial charge is 0.233 e. The normalized spacial score (nSPS) is 14.2. The molecule has 0 aromatic carbocycles. The zero-order valence-corrected chi connectivity index (χ0v) is 11.4. The molecule has 0 aliphatic rings. The largest absolute Gasteiger partial charge is 0.355 e. The van der Waals surface area contributed by atoms with E-state index in [4.69, 9.17) is 0 Å². The second-order valence-electron chi connectivity index (χ2n) is 4.74. The topological polar surface area (TPSA) is 29.1 Å². The highest BCUT2D eigenvalue weighted by atomic mass is 79.9. The first-order valence-corrected chi connectivity index (χ1v) is 6.14. The molecule has 2 nitrogen and oxygen atoms in total. The molecular formula is C11H22BrNO. The number of carbonyl (C=O) groups is 1. The highest BCUT2D eigenvalue weighted by Crippen LogP contribution is 2.24. The van der Waals surface area contributed by atoms with Gasteiger partial charge >= 0.3 is 0 Å². The molecule has 0 fully saturated rings. The van der Waals surface area contributed by atoms with Gasteiger partial charge in [0.1, 0.15) is 0 Å². The van der Waals surface area contributed by atoms with Gasteiger partial charge < -0.3 is 5.32 Å². The third-order valence-electron chi connectivity index (χ3n) is 2.92. The fraction of sp³-hybridized carbons (Fsp3) is 0.909. The second-order valence-corrected chi connectivity index (χ2v) is 5.84. The Labute approximate surface area is 96.0 Å². The van der Waals surface area contributed by atoms with E-state index in [0.717, 1.165) is 13.0 Å². The van der Waals surface area contributed by atoms with E-state index in [1.165, 1.54) is 0 Å². The molecule has 1 N–H and O–H groups in total. The lowest BCUT2D eigenvalue weighted by Gasteiger charge is -2.29. The van der Waals surface area contributed by atoms with Crippen LogP contribution in [0.1, 0.15) is 41.0 Å². The number of nitrogens with one attached hydrogen (secondary N) is 1. The lowest BCUT2D eigenvalue weighted by Crippen LogP contribution is -2.40. The number of rotatable bonds is 5. The van der Waals surface area contributed by atoms with Crippen molar-refractivity contribution in [3.05, 3.63) is 0 Å². The number of alkyl halides is 1. The average Bonchev–Trinajstić information content (AvgIpc) is 2.12. The minimum absolute atomic E-state index is 0.0505. The summed E-state index contributed by atoms with van der Waals surface area (Å²) in [4.78, 5) is 11.4. The number of halogens is 1. The van der Waals surface area contributed by atoms with Crippen LogP contribution in [0.4, 0.5) is 0 Å². The maximum atomic E-state index is 11.5. The molecule has 0 aromatic rings. The van der Waals surface area contributed by atoms with E-state index >= 15 is 0 Å². The van der Waals surface area contributed by atoms with E-state index in [1.54, 1.807) is 0 Å². The van der Waals surface area contributed by atoms with Crippen molar-refractivity contribution in [2.24, 2.45) is 11.3 Å². The van der Waals surface area contributed by atoms with Gasteiger partial charge in [-0.3, -0.25) is 4.79 Å². The lowest BCUT2D eigenvalue weighted by atomic mass is 9.81. The summed E-state index contributed by atoms with van der Waals surface area (Å²) in [6.07, 6.45) is 0.827. The fourth-order valence-corrected chi connectivity index (χ4v) is 0.977. The van der Waals surface area contributed by atoms with Crippen molar-refractivity contribution < 1.29 is 4.79 Å². The van der Waals surface area contributed by atoms with Crippen molar-refractivity contribution in [1.82, 2.24) is 5.32 Å². The van der Waals surface area contributed by atoms with E-state index in [2.05, 4.69) is 48.9 Å². The Morgan fingerprint density at radius 1 is 1.43 bits per heavy atom. The Hall–Kier alpha value is -0.0500. The van der Waals surface area contributed by atoms with E-state index in [9.17, 15) is 4.79 Å². The standard InChI is InChI=1S/C11H22BrNO/c1-6-9(12)10(14)13-7-11(4,5)8(2)3/h8-9H,6-7H2,1-5H3,(H,13,14). The molecule has 14 heavy (non-hydrogen) atoms. The molecule has 0 radical (unpaired) electrons. The first kappa shape index (κ1) is 13.9. The molecule has 0 saturated heterocycles. The van der Waals surface area contributed by atoms with Gasteiger partial charge in [0.05, 0.1) is 4.83 Å². The van der Waals surface area contributed by atoms with Gasteiger partial charge in [0.15, 0.2) is 0 Å². The quantitative estimate of drug-likeness (QED) is 0.760. The van der Waals surface area contributed by atoms with E-state index < -0.39 is 0 Å². The van der Waals surface area contributed by atoms with Gasteiger partial charge in [0, 0.05) is 6.54 Å². The molecule has 84 valence electrons. The van der Waals surface area contributed by atoms with Gasteiger partial charge in [-0.05, 0) is 17.8 Å². The first-order chi connectivity index (χ1) is 6.31. The first-order valence-electron chi connectivity index (χ1n) is 5.23. The molecule has 1 unspecified atom stereocenters. The zero-order chi connectivity index (χ0) is 11.4. The van der Waals surface area contributed by atoms with Crippen LogP contribution in [-0.2, 0) is 4.79 Å². The van der Waals surface area contributed by atoms with Gasteiger partial charge in [-0.15, -0.1) is 0 Å². The lowest BCUT2D eigenvalue weighted by molar-refractivity contribution is -0.121. The molecule has 0 heterocycles. The van der Waals surface area contributed by atoms with Crippen molar-refractivity contribution in [3.8, 4) is 0 Å². The molecule has 0 aliphatic heterocycles. The SMILES string of the molecule is CCC(Br)C(=O)NCC(C)(C)C(C)C. The Bertz CT molecular complexity index is 190. The number of carbonyl (C=O) groups excluding carboxylic acids is 1. The van der Waals surface area contributed by atoms with Crippen molar-refractivity contribution in [2.75, 3.05) is 6.54 Å². The van der Waals surface area contributed by atoms with Crippen LogP contribution in [0.15, 0.2) is 0 Å². The Kier molecular flexibility index (Phi) is 5.72. The molecule has 1 atom stereocenters. The van der Waals surface area contributed by atoms with Crippen LogP contribution in [0.2, 0.25) is 0 Å². The average molecular weight is 264 g/mol. The molecular weight excluding hydrogens is 242 g/mol. The van der Waals surface area contributed by atoms with Crippen LogP contribution in [0.25, 0.3) is 0 Å². The molecule has 0 bridgehead atoms. The maximum absolute atomic E-state index is 11.5. The molecule has 3 heteroatoms. The van der Waals surface area contributed by atoms with Crippen molar-refractivity contribution in [3.63, 3.8) is 0 Å². The van der Waals surface area contributed by atoms with Gasteiger partial charge in [0.2, 0.25) is 5.91 Å². The number of hydrogen-bond acceptors (Lipinski definition) is 1. The number of hydrogen-bond donors (Lipinski definition) is 1. The van der Waals surface area contributed by atoms with Crippen LogP contribution in [-0.4, -0.2) is 17.3 Å². The Morgan fingerprint density at radius 3 is 2.29 bits per heavy atom. The second kappa shape index (κ2) is 5.74. The van der Waals surface area contributed by atoms with E-state index in [0.29, 0.717) is 5.92 Å². The van der Waals surface area contributed by atoms with Gasteiger partial charge in [-0.25, -0.2) is 0 Å². The summed E-state index contributed by atoms with van der Waals surface area (Å²) in [7, 11) is 0.